The summed E-state index contributed by atoms with van der Waals surface area (Å²) in [5.74, 6) is 0.417. The van der Waals surface area contributed by atoms with Gasteiger partial charge in [-0.05, 0) is 57.6 Å². The molecular weight excluding hydrogens is 419 g/mol. The van der Waals surface area contributed by atoms with Crippen molar-refractivity contribution in [1.82, 2.24) is 0 Å². The van der Waals surface area contributed by atoms with Gasteiger partial charge in [-0.15, -0.1) is 0 Å². The van der Waals surface area contributed by atoms with Crippen molar-refractivity contribution in [1.29, 1.82) is 0 Å². The Balaban J connectivity index is 1.96. The van der Waals surface area contributed by atoms with E-state index in [1.165, 1.54) is 0 Å². The minimum Gasteiger partial charge on any atom is -0.496 e. The van der Waals surface area contributed by atoms with E-state index >= 15 is 0 Å². The average molecular weight is 432 g/mol. The lowest BCUT2D eigenvalue weighted by molar-refractivity contribution is 0.0733. The molecule has 3 rings (SSSR count). The minimum absolute atomic E-state index is 0.250. The van der Waals surface area contributed by atoms with Crippen LogP contribution in [0.3, 0.4) is 0 Å². The van der Waals surface area contributed by atoms with Crippen molar-refractivity contribution in [3.8, 4) is 11.5 Å². The number of methoxy groups -OCH3 is 1. The van der Waals surface area contributed by atoms with Crippen LogP contribution in [-0.4, -0.2) is 19.4 Å². The largest absolute Gasteiger partial charge is 0.496 e. The van der Waals surface area contributed by atoms with Crippen LogP contribution in [0.5, 0.6) is 11.5 Å². The van der Waals surface area contributed by atoms with Crippen molar-refractivity contribution in [3.63, 3.8) is 0 Å². The van der Waals surface area contributed by atoms with Crippen molar-refractivity contribution in [2.75, 3.05) is 7.11 Å². The van der Waals surface area contributed by atoms with E-state index in [-0.39, 0.29) is 5.75 Å². The molecule has 0 atom stereocenters. The average Bonchev–Trinajstić information content (AvgIpc) is 2.61. The summed E-state index contributed by atoms with van der Waals surface area (Å²) in [6.45, 7) is 0. The zero-order chi connectivity index (χ0) is 17.1. The number of ether oxygens (including phenoxy) is 2. The van der Waals surface area contributed by atoms with Gasteiger partial charge in [0.2, 0.25) is 0 Å². The number of hydrogen-bond donors (Lipinski definition) is 0. The van der Waals surface area contributed by atoms with E-state index in [1.807, 2.05) is 30.3 Å². The lowest BCUT2D eigenvalue weighted by Crippen LogP contribution is -2.10. The molecule has 0 aliphatic heterocycles. The molecule has 3 aromatic carbocycles. The molecule has 0 aromatic heterocycles. The summed E-state index contributed by atoms with van der Waals surface area (Å²) in [6, 6.07) is 15.9. The van der Waals surface area contributed by atoms with Gasteiger partial charge in [0.25, 0.3) is 0 Å². The second-order valence-corrected chi connectivity index (χ2v) is 6.22. The number of esters is 1. The number of halogens is 1. The standard InChI is InChI=1S/C19H13IO4/c1-23-18-9-7-13(10-16(18)20)19(22)24-17-8-6-12-4-2-3-5-14(12)15(17)11-21/h2-11H,1H3. The van der Waals surface area contributed by atoms with Gasteiger partial charge in [0.05, 0.1) is 21.8 Å². The van der Waals surface area contributed by atoms with Gasteiger partial charge in [-0.2, -0.15) is 0 Å². The Hall–Kier alpha value is -2.41. The molecule has 0 amide bonds. The fourth-order valence-corrected chi connectivity index (χ4v) is 3.17. The molecule has 3 aromatic rings. The minimum atomic E-state index is -0.519. The van der Waals surface area contributed by atoms with E-state index in [9.17, 15) is 9.59 Å². The van der Waals surface area contributed by atoms with E-state index in [0.717, 1.165) is 14.3 Å². The van der Waals surface area contributed by atoms with Gasteiger partial charge in [-0.1, -0.05) is 30.3 Å². The fraction of sp³-hybridized carbons (Fsp3) is 0.0526. The smallest absolute Gasteiger partial charge is 0.343 e. The van der Waals surface area contributed by atoms with E-state index in [4.69, 9.17) is 9.47 Å². The molecule has 5 heteroatoms. The molecule has 0 aliphatic carbocycles. The van der Waals surface area contributed by atoms with Crippen LogP contribution in [0.2, 0.25) is 0 Å². The van der Waals surface area contributed by atoms with Gasteiger partial charge < -0.3 is 9.47 Å². The third kappa shape index (κ3) is 3.12. The summed E-state index contributed by atoms with van der Waals surface area (Å²) in [4.78, 5) is 23.9. The van der Waals surface area contributed by atoms with Crippen molar-refractivity contribution < 1.29 is 19.1 Å². The highest BCUT2D eigenvalue weighted by Gasteiger charge is 2.15. The number of rotatable bonds is 4. The fourth-order valence-electron chi connectivity index (χ4n) is 2.44. The van der Waals surface area contributed by atoms with Crippen LogP contribution in [-0.2, 0) is 0 Å². The topological polar surface area (TPSA) is 52.6 Å². The van der Waals surface area contributed by atoms with Gasteiger partial charge >= 0.3 is 5.97 Å². The quantitative estimate of drug-likeness (QED) is 0.264. The van der Waals surface area contributed by atoms with Crippen LogP contribution < -0.4 is 9.47 Å². The maximum Gasteiger partial charge on any atom is 0.343 e. The Morgan fingerprint density at radius 1 is 1.04 bits per heavy atom. The summed E-state index contributed by atoms with van der Waals surface area (Å²) in [5.41, 5.74) is 0.759. The maximum absolute atomic E-state index is 12.4. The Morgan fingerprint density at radius 3 is 2.50 bits per heavy atom. The summed E-state index contributed by atoms with van der Waals surface area (Å²) in [7, 11) is 1.57. The normalized spacial score (nSPS) is 10.4. The van der Waals surface area contributed by atoms with Gasteiger partial charge in [0.15, 0.2) is 6.29 Å². The SMILES string of the molecule is COc1ccc(C(=O)Oc2ccc3ccccc3c2C=O)cc1I. The predicted molar refractivity (Wildman–Crippen MR) is 100 cm³/mol. The molecule has 0 bridgehead atoms. The van der Waals surface area contributed by atoms with E-state index < -0.39 is 5.97 Å². The lowest BCUT2D eigenvalue weighted by Gasteiger charge is -2.10. The Morgan fingerprint density at radius 2 is 1.79 bits per heavy atom. The number of hydrogen-bond acceptors (Lipinski definition) is 4. The molecule has 0 radical (unpaired) electrons. The van der Waals surface area contributed by atoms with Crippen molar-refractivity contribution in [2.24, 2.45) is 0 Å². The van der Waals surface area contributed by atoms with Gasteiger partial charge in [0, 0.05) is 0 Å². The highest BCUT2D eigenvalue weighted by atomic mass is 127. The molecule has 0 saturated heterocycles. The highest BCUT2D eigenvalue weighted by molar-refractivity contribution is 14.1. The number of carbonyl (C=O) groups is 2. The molecule has 0 N–H and O–H groups in total. The Kier molecular flexibility index (Phi) is 4.80. The number of aldehydes is 1. The summed E-state index contributed by atoms with van der Waals surface area (Å²) in [5, 5.41) is 1.67. The lowest BCUT2D eigenvalue weighted by atomic mass is 10.0. The first kappa shape index (κ1) is 16.4. The van der Waals surface area contributed by atoms with Gasteiger partial charge in [0.1, 0.15) is 11.5 Å². The zero-order valence-electron chi connectivity index (χ0n) is 12.8. The molecule has 24 heavy (non-hydrogen) atoms. The van der Waals surface area contributed by atoms with Gasteiger partial charge in [-0.25, -0.2) is 4.79 Å². The third-order valence-electron chi connectivity index (χ3n) is 3.64. The van der Waals surface area contributed by atoms with Crippen LogP contribution in [0, 0.1) is 3.57 Å². The maximum atomic E-state index is 12.4. The number of benzene rings is 3. The second-order valence-electron chi connectivity index (χ2n) is 5.06. The zero-order valence-corrected chi connectivity index (χ0v) is 14.9. The van der Waals surface area contributed by atoms with Gasteiger partial charge in [-0.3, -0.25) is 4.79 Å². The first-order valence-corrected chi connectivity index (χ1v) is 8.24. The third-order valence-corrected chi connectivity index (χ3v) is 4.48. The summed E-state index contributed by atoms with van der Waals surface area (Å²) in [6.07, 6.45) is 0.711. The molecule has 0 heterocycles. The summed E-state index contributed by atoms with van der Waals surface area (Å²) < 4.78 is 11.4. The van der Waals surface area contributed by atoms with E-state index in [0.29, 0.717) is 23.2 Å². The first-order valence-electron chi connectivity index (χ1n) is 7.16. The second kappa shape index (κ2) is 7.00. The van der Waals surface area contributed by atoms with Crippen molar-refractivity contribution in [3.05, 3.63) is 69.3 Å². The van der Waals surface area contributed by atoms with Crippen LogP contribution in [0.15, 0.2) is 54.6 Å². The molecule has 0 saturated carbocycles. The Bertz CT molecular complexity index is 934. The molecule has 120 valence electrons. The van der Waals surface area contributed by atoms with Crippen molar-refractivity contribution >= 4 is 45.6 Å². The predicted octanol–water partition coefficient (Wildman–Crippen LogP) is 4.48. The van der Waals surface area contributed by atoms with Crippen LogP contribution in [0.1, 0.15) is 20.7 Å². The van der Waals surface area contributed by atoms with Crippen LogP contribution in [0.4, 0.5) is 0 Å². The number of fused-ring (bicyclic) bond motifs is 1. The highest BCUT2D eigenvalue weighted by Crippen LogP contribution is 2.28. The van der Waals surface area contributed by atoms with Crippen molar-refractivity contribution in [2.45, 2.75) is 0 Å². The molecule has 0 fully saturated rings. The number of carbonyl (C=O) groups excluding carboxylic acids is 2. The van der Waals surface area contributed by atoms with Crippen LogP contribution >= 0.6 is 22.6 Å². The summed E-state index contributed by atoms with van der Waals surface area (Å²) >= 11 is 2.09. The molecule has 0 unspecified atom stereocenters. The van der Waals surface area contributed by atoms with Crippen LogP contribution in [0.25, 0.3) is 10.8 Å². The molecule has 4 nitrogen and oxygen atoms in total. The molecule has 0 spiro atoms. The molecule has 0 aliphatic rings. The first-order chi connectivity index (χ1) is 11.6. The Labute approximate surface area is 152 Å². The van der Waals surface area contributed by atoms with E-state index in [2.05, 4.69) is 22.6 Å². The van der Waals surface area contributed by atoms with E-state index in [1.54, 1.807) is 31.4 Å². The molecular formula is C19H13IO4. The monoisotopic (exact) mass is 432 g/mol.